The van der Waals surface area contributed by atoms with Gasteiger partial charge in [0.25, 0.3) is 0 Å². The first-order chi connectivity index (χ1) is 5.33. The van der Waals surface area contributed by atoms with Crippen LogP contribution in [0, 0.1) is 11.8 Å². The molecule has 64 valence electrons. The number of ether oxygens (including phenoxy) is 1. The average Bonchev–Trinajstić information content (AvgIpc) is 2.37. The summed E-state index contributed by atoms with van der Waals surface area (Å²) in [6.07, 6.45) is 6.98. The number of rotatable bonds is 4. The van der Waals surface area contributed by atoms with Gasteiger partial charge in [0.05, 0.1) is 12.9 Å². The van der Waals surface area contributed by atoms with Gasteiger partial charge in [-0.2, -0.15) is 0 Å². The molecular formula is C10H18O. The first-order valence-electron chi connectivity index (χ1n) is 4.55. The van der Waals surface area contributed by atoms with Crippen LogP contribution < -0.4 is 0 Å². The summed E-state index contributed by atoms with van der Waals surface area (Å²) in [5.74, 6) is 1.87. The summed E-state index contributed by atoms with van der Waals surface area (Å²) in [6.45, 7) is 6.72. The Balaban J connectivity index is 2.03. The Morgan fingerprint density at radius 1 is 1.55 bits per heavy atom. The maximum Gasteiger partial charge on any atom is 0.0875 e. The Morgan fingerprint density at radius 2 is 2.36 bits per heavy atom. The van der Waals surface area contributed by atoms with Crippen molar-refractivity contribution in [2.75, 3.05) is 6.61 Å². The topological polar surface area (TPSA) is 9.23 Å². The predicted molar refractivity (Wildman–Crippen MR) is 47.3 cm³/mol. The van der Waals surface area contributed by atoms with Crippen LogP contribution in [0.5, 0.6) is 0 Å². The van der Waals surface area contributed by atoms with Crippen LogP contribution in [0.3, 0.4) is 0 Å². The van der Waals surface area contributed by atoms with Gasteiger partial charge in [-0.3, -0.25) is 0 Å². The lowest BCUT2D eigenvalue weighted by molar-refractivity contribution is 0.222. The molecule has 1 fully saturated rings. The third-order valence-corrected chi connectivity index (χ3v) is 2.57. The first-order valence-corrected chi connectivity index (χ1v) is 4.55. The van der Waals surface area contributed by atoms with Crippen LogP contribution in [0.1, 0.15) is 32.6 Å². The molecule has 11 heavy (non-hydrogen) atoms. The highest BCUT2D eigenvalue weighted by Crippen LogP contribution is 2.32. The molecule has 0 aromatic carbocycles. The predicted octanol–water partition coefficient (Wildman–Crippen LogP) is 2.97. The molecule has 1 saturated carbocycles. The molecule has 0 aromatic heterocycles. The molecule has 0 aliphatic heterocycles. The second kappa shape index (κ2) is 4.42. The summed E-state index contributed by atoms with van der Waals surface area (Å²) >= 11 is 0. The van der Waals surface area contributed by atoms with Crippen LogP contribution in [-0.4, -0.2) is 6.61 Å². The molecular weight excluding hydrogens is 136 g/mol. The van der Waals surface area contributed by atoms with Crippen molar-refractivity contribution in [3.8, 4) is 0 Å². The second-order valence-electron chi connectivity index (χ2n) is 3.61. The van der Waals surface area contributed by atoms with Gasteiger partial charge in [0.1, 0.15) is 0 Å². The van der Waals surface area contributed by atoms with E-state index in [0.29, 0.717) is 0 Å². The maximum atomic E-state index is 5.09. The second-order valence-corrected chi connectivity index (χ2v) is 3.61. The van der Waals surface area contributed by atoms with Crippen molar-refractivity contribution in [3.63, 3.8) is 0 Å². The van der Waals surface area contributed by atoms with Gasteiger partial charge >= 0.3 is 0 Å². The van der Waals surface area contributed by atoms with Crippen molar-refractivity contribution in [1.29, 1.82) is 0 Å². The van der Waals surface area contributed by atoms with Gasteiger partial charge in [-0.1, -0.05) is 26.3 Å². The van der Waals surface area contributed by atoms with E-state index in [-0.39, 0.29) is 0 Å². The van der Waals surface area contributed by atoms with E-state index < -0.39 is 0 Å². The van der Waals surface area contributed by atoms with E-state index in [9.17, 15) is 0 Å². The van der Waals surface area contributed by atoms with E-state index >= 15 is 0 Å². The van der Waals surface area contributed by atoms with Crippen molar-refractivity contribution in [2.45, 2.75) is 32.6 Å². The molecule has 0 N–H and O–H groups in total. The minimum atomic E-state index is 0.862. The Morgan fingerprint density at radius 3 is 2.91 bits per heavy atom. The van der Waals surface area contributed by atoms with Gasteiger partial charge in [-0.15, -0.1) is 0 Å². The molecule has 0 aromatic rings. The van der Waals surface area contributed by atoms with Gasteiger partial charge in [0, 0.05) is 0 Å². The highest BCUT2D eigenvalue weighted by atomic mass is 16.5. The monoisotopic (exact) mass is 154 g/mol. The summed E-state index contributed by atoms with van der Waals surface area (Å²) in [5, 5.41) is 0. The van der Waals surface area contributed by atoms with Crippen molar-refractivity contribution in [2.24, 2.45) is 11.8 Å². The van der Waals surface area contributed by atoms with Crippen LogP contribution in [0.25, 0.3) is 0 Å². The summed E-state index contributed by atoms with van der Waals surface area (Å²) in [5.41, 5.74) is 0. The van der Waals surface area contributed by atoms with Gasteiger partial charge in [-0.05, 0) is 24.7 Å². The molecule has 0 spiro atoms. The van der Waals surface area contributed by atoms with Crippen LogP contribution in [0.15, 0.2) is 12.8 Å². The molecule has 1 aliphatic carbocycles. The highest BCUT2D eigenvalue weighted by molar-refractivity contribution is 4.72. The Bertz CT molecular complexity index is 120. The molecule has 1 rings (SSSR count). The SMILES string of the molecule is C=COCCC1CCC(C)C1. The maximum absolute atomic E-state index is 5.09. The lowest BCUT2D eigenvalue weighted by Gasteiger charge is -2.07. The summed E-state index contributed by atoms with van der Waals surface area (Å²) in [7, 11) is 0. The molecule has 1 heteroatoms. The Hall–Kier alpha value is -0.460. The van der Waals surface area contributed by atoms with E-state index in [1.165, 1.54) is 25.7 Å². The van der Waals surface area contributed by atoms with E-state index in [2.05, 4.69) is 13.5 Å². The van der Waals surface area contributed by atoms with Crippen molar-refractivity contribution in [3.05, 3.63) is 12.8 Å². The zero-order valence-corrected chi connectivity index (χ0v) is 7.38. The zero-order chi connectivity index (χ0) is 8.10. The van der Waals surface area contributed by atoms with E-state index in [4.69, 9.17) is 4.74 Å². The quantitative estimate of drug-likeness (QED) is 0.447. The molecule has 1 nitrogen and oxygen atoms in total. The standard InChI is InChI=1S/C10H18O/c1-3-11-7-6-10-5-4-9(2)8-10/h3,9-10H,1,4-8H2,2H3. The molecule has 0 bridgehead atoms. The Labute approximate surface area is 69.4 Å². The fourth-order valence-electron chi connectivity index (χ4n) is 1.91. The van der Waals surface area contributed by atoms with Crippen molar-refractivity contribution < 1.29 is 4.74 Å². The third-order valence-electron chi connectivity index (χ3n) is 2.57. The fourth-order valence-corrected chi connectivity index (χ4v) is 1.91. The highest BCUT2D eigenvalue weighted by Gasteiger charge is 2.20. The molecule has 2 unspecified atom stereocenters. The minimum Gasteiger partial charge on any atom is -0.502 e. The summed E-state index contributed by atoms with van der Waals surface area (Å²) in [4.78, 5) is 0. The van der Waals surface area contributed by atoms with Crippen LogP contribution in [0.2, 0.25) is 0 Å². The van der Waals surface area contributed by atoms with Gasteiger partial charge in [-0.25, -0.2) is 0 Å². The Kier molecular flexibility index (Phi) is 3.47. The van der Waals surface area contributed by atoms with Gasteiger partial charge < -0.3 is 4.74 Å². The third kappa shape index (κ3) is 2.96. The largest absolute Gasteiger partial charge is 0.502 e. The number of hydrogen-bond donors (Lipinski definition) is 0. The molecule has 2 atom stereocenters. The van der Waals surface area contributed by atoms with E-state index in [0.717, 1.165) is 18.4 Å². The zero-order valence-electron chi connectivity index (χ0n) is 7.38. The van der Waals surface area contributed by atoms with Crippen molar-refractivity contribution >= 4 is 0 Å². The molecule has 0 radical (unpaired) electrons. The lowest BCUT2D eigenvalue weighted by Crippen LogP contribution is -1.99. The van der Waals surface area contributed by atoms with Crippen LogP contribution in [-0.2, 0) is 4.74 Å². The number of hydrogen-bond acceptors (Lipinski definition) is 1. The normalized spacial score (nSPS) is 30.3. The summed E-state index contributed by atoms with van der Waals surface area (Å²) < 4.78 is 5.09. The summed E-state index contributed by atoms with van der Waals surface area (Å²) in [6, 6.07) is 0. The lowest BCUT2D eigenvalue weighted by atomic mass is 10.0. The first kappa shape index (κ1) is 8.63. The van der Waals surface area contributed by atoms with Crippen LogP contribution in [0.4, 0.5) is 0 Å². The van der Waals surface area contributed by atoms with Gasteiger partial charge in [0.15, 0.2) is 0 Å². The van der Waals surface area contributed by atoms with Crippen LogP contribution >= 0.6 is 0 Å². The molecule has 0 saturated heterocycles. The minimum absolute atomic E-state index is 0.862. The molecule has 0 heterocycles. The fraction of sp³-hybridized carbons (Fsp3) is 0.800. The van der Waals surface area contributed by atoms with Gasteiger partial charge in [0.2, 0.25) is 0 Å². The van der Waals surface area contributed by atoms with Crippen molar-refractivity contribution in [1.82, 2.24) is 0 Å². The molecule has 0 amide bonds. The molecule has 1 aliphatic rings. The van der Waals surface area contributed by atoms with E-state index in [1.54, 1.807) is 6.26 Å². The smallest absolute Gasteiger partial charge is 0.0875 e. The average molecular weight is 154 g/mol. The van der Waals surface area contributed by atoms with E-state index in [1.807, 2.05) is 0 Å².